The lowest BCUT2D eigenvalue weighted by Gasteiger charge is -2.41. The van der Waals surface area contributed by atoms with Crippen LogP contribution in [0.4, 0.5) is 5.69 Å². The Balaban J connectivity index is 0.00000280. The molecule has 0 aromatic heterocycles. The number of rotatable bonds is 4. The molecule has 1 heterocycles. The smallest absolute Gasteiger partial charge is 0.300 e. The van der Waals surface area contributed by atoms with Crippen molar-refractivity contribution in [2.75, 3.05) is 25.7 Å². The molecule has 3 rings (SSSR count). The number of quaternary nitrogens is 1. The van der Waals surface area contributed by atoms with Crippen molar-refractivity contribution in [3.8, 4) is 0 Å². The van der Waals surface area contributed by atoms with Crippen molar-refractivity contribution in [3.63, 3.8) is 0 Å². The first-order valence-corrected chi connectivity index (χ1v) is 11.3. The molecule has 1 saturated heterocycles. The van der Waals surface area contributed by atoms with Crippen LogP contribution >= 0.6 is 35.0 Å². The monoisotopic (exact) mass is 525 g/mol. The Labute approximate surface area is 189 Å². The van der Waals surface area contributed by atoms with Crippen LogP contribution in [0.1, 0.15) is 5.56 Å². The highest BCUT2D eigenvalue weighted by atomic mass is 79.9. The third-order valence-electron chi connectivity index (χ3n) is 4.71. The molecular formula is C17H18BrCl2N3O3S2. The van der Waals surface area contributed by atoms with Crippen LogP contribution in [-0.2, 0) is 15.7 Å². The van der Waals surface area contributed by atoms with Crippen LogP contribution < -0.4 is 21.5 Å². The van der Waals surface area contributed by atoms with Crippen molar-refractivity contribution in [1.82, 2.24) is 4.48 Å². The zero-order valence-corrected chi connectivity index (χ0v) is 19.7. The van der Waals surface area contributed by atoms with Crippen LogP contribution in [0, 0.1) is 0 Å². The van der Waals surface area contributed by atoms with Gasteiger partial charge in [-0.3, -0.25) is 4.48 Å². The van der Waals surface area contributed by atoms with E-state index in [0.29, 0.717) is 22.2 Å². The minimum absolute atomic E-state index is 0. The zero-order valence-electron chi connectivity index (χ0n) is 15.0. The summed E-state index contributed by atoms with van der Waals surface area (Å²) in [6.07, 6.45) is 0. The minimum atomic E-state index is -4.05. The third-order valence-corrected chi connectivity index (χ3v) is 8.05. The van der Waals surface area contributed by atoms with Gasteiger partial charge in [0.2, 0.25) is 5.72 Å². The number of halogens is 3. The molecular weight excluding hydrogens is 509 g/mol. The molecule has 0 bridgehead atoms. The van der Waals surface area contributed by atoms with E-state index in [4.69, 9.17) is 23.2 Å². The highest BCUT2D eigenvalue weighted by molar-refractivity contribution is 7.99. The van der Waals surface area contributed by atoms with E-state index >= 15 is 0 Å². The lowest BCUT2D eigenvalue weighted by molar-refractivity contribution is -0.0570. The normalized spacial score (nSPS) is 25.0. The molecule has 0 radical (unpaired) electrons. The largest absolute Gasteiger partial charge is 1.00 e. The highest BCUT2D eigenvalue weighted by Crippen LogP contribution is 2.48. The predicted molar refractivity (Wildman–Crippen MR) is 110 cm³/mol. The molecule has 2 atom stereocenters. The molecule has 6 nitrogen and oxygen atoms in total. The third kappa shape index (κ3) is 3.86. The van der Waals surface area contributed by atoms with E-state index in [1.807, 2.05) is 25.2 Å². The summed E-state index contributed by atoms with van der Waals surface area (Å²) in [5.41, 5.74) is -0.225. The summed E-state index contributed by atoms with van der Waals surface area (Å²) in [5.74, 6) is 0.935. The van der Waals surface area contributed by atoms with Crippen molar-refractivity contribution >= 4 is 50.7 Å². The Hall–Kier alpha value is -0.680. The summed E-state index contributed by atoms with van der Waals surface area (Å²) in [5, 5.41) is 15.6. The quantitative estimate of drug-likeness (QED) is 0.480. The second kappa shape index (κ2) is 8.59. The Morgan fingerprint density at radius 1 is 1.18 bits per heavy atom. The number of thioether (sulfide) groups is 1. The van der Waals surface area contributed by atoms with Crippen molar-refractivity contribution in [2.45, 2.75) is 10.6 Å². The van der Waals surface area contributed by atoms with E-state index in [2.05, 4.69) is 9.63 Å². The summed E-state index contributed by atoms with van der Waals surface area (Å²) in [6.45, 7) is 0. The molecule has 0 saturated carbocycles. The van der Waals surface area contributed by atoms with Gasteiger partial charge in [0, 0.05) is 18.7 Å². The number of benzene rings is 2. The van der Waals surface area contributed by atoms with Gasteiger partial charge in [-0.15, -0.1) is 0 Å². The van der Waals surface area contributed by atoms with Gasteiger partial charge in [0.1, 0.15) is 15.8 Å². The van der Waals surface area contributed by atoms with Gasteiger partial charge in [0.15, 0.2) is 5.69 Å². The lowest BCUT2D eigenvalue weighted by atomic mass is 10.00. The van der Waals surface area contributed by atoms with Crippen LogP contribution in [0.15, 0.2) is 57.0 Å². The Morgan fingerprint density at radius 2 is 1.86 bits per heavy atom. The summed E-state index contributed by atoms with van der Waals surface area (Å²) >= 11 is 14.0. The van der Waals surface area contributed by atoms with Crippen molar-refractivity contribution < 1.29 is 30.5 Å². The van der Waals surface area contributed by atoms with Crippen molar-refractivity contribution in [3.05, 3.63) is 58.1 Å². The van der Waals surface area contributed by atoms with Gasteiger partial charge >= 0.3 is 10.0 Å². The molecule has 11 heteroatoms. The lowest BCUT2D eigenvalue weighted by Crippen LogP contribution is -3.00. The van der Waals surface area contributed by atoms with Gasteiger partial charge in [-0.2, -0.15) is 13.5 Å². The summed E-state index contributed by atoms with van der Waals surface area (Å²) in [7, 11) is -0.918. The summed E-state index contributed by atoms with van der Waals surface area (Å²) in [6, 6.07) is 11.7. The Kier molecular flexibility index (Phi) is 7.24. The summed E-state index contributed by atoms with van der Waals surface area (Å²) < 4.78 is 28.1. The fourth-order valence-electron chi connectivity index (χ4n) is 3.21. The number of hydrogen-bond donors (Lipinski definition) is 1. The van der Waals surface area contributed by atoms with E-state index in [1.54, 1.807) is 23.9 Å². The predicted octanol–water partition coefficient (Wildman–Crippen LogP) is 1.25. The zero-order chi connectivity index (χ0) is 19.9. The molecule has 0 spiro atoms. The SMILES string of the molecule is CN=NS(=O)(=O)c1cc(C2(O)CSC[N+]2(C)c2ccccc2Cl)ccc1Cl.[Br-]. The van der Waals surface area contributed by atoms with E-state index in [1.165, 1.54) is 19.2 Å². The molecule has 2 aromatic carbocycles. The average molecular weight is 527 g/mol. The molecule has 1 aliphatic heterocycles. The Morgan fingerprint density at radius 3 is 2.50 bits per heavy atom. The van der Waals surface area contributed by atoms with Crippen molar-refractivity contribution in [1.29, 1.82) is 0 Å². The number of nitrogens with zero attached hydrogens (tertiary/aromatic N) is 3. The fourth-order valence-corrected chi connectivity index (χ4v) is 6.38. The first-order chi connectivity index (χ1) is 12.7. The highest BCUT2D eigenvalue weighted by Gasteiger charge is 2.55. The van der Waals surface area contributed by atoms with E-state index in [0.717, 1.165) is 5.69 Å². The van der Waals surface area contributed by atoms with Crippen molar-refractivity contribution in [2.24, 2.45) is 9.63 Å². The molecule has 152 valence electrons. The van der Waals surface area contributed by atoms with Gasteiger partial charge in [-0.25, -0.2) is 0 Å². The number of aliphatic hydroxyl groups is 1. The second-order valence-corrected chi connectivity index (χ2v) is 9.66. The van der Waals surface area contributed by atoms with Gasteiger partial charge in [0.05, 0.1) is 17.8 Å². The van der Waals surface area contributed by atoms with Crippen LogP contribution in [-0.4, -0.2) is 39.2 Å². The maximum atomic E-state index is 12.4. The van der Waals surface area contributed by atoms with Crippen LogP contribution in [0.3, 0.4) is 0 Å². The number of para-hydroxylation sites is 1. The molecule has 0 aliphatic carbocycles. The molecule has 1 N–H and O–H groups in total. The van der Waals surface area contributed by atoms with Crippen LogP contribution in [0.2, 0.25) is 10.0 Å². The Bertz CT molecular complexity index is 1020. The molecule has 2 unspecified atom stereocenters. The van der Waals surface area contributed by atoms with Crippen LogP contribution in [0.25, 0.3) is 0 Å². The van der Waals surface area contributed by atoms with Crippen LogP contribution in [0.5, 0.6) is 0 Å². The van der Waals surface area contributed by atoms with Gasteiger partial charge in [-0.05, 0) is 24.3 Å². The standard InChI is InChI=1S/C17H18Cl2N3O3S2.BrH/c1-20-21-27(24,25)16-9-12(7-8-14(16)19)17(23)10-26-11-22(17,2)15-6-4-3-5-13(15)18;/h3-9,23H,10-11H2,1-2H3;1H/q+1;/p-1. The first-order valence-electron chi connectivity index (χ1n) is 7.93. The topological polar surface area (TPSA) is 79.1 Å². The molecule has 28 heavy (non-hydrogen) atoms. The van der Waals surface area contributed by atoms with Gasteiger partial charge in [-0.1, -0.05) is 51.6 Å². The molecule has 0 amide bonds. The van der Waals surface area contributed by atoms with Gasteiger partial charge < -0.3 is 22.1 Å². The second-order valence-electron chi connectivity index (χ2n) is 6.34. The van der Waals surface area contributed by atoms with E-state index < -0.39 is 15.7 Å². The molecule has 1 fully saturated rings. The number of hydrogen-bond acceptors (Lipinski definition) is 5. The van der Waals surface area contributed by atoms with Gasteiger partial charge in [0.25, 0.3) is 0 Å². The fraction of sp³-hybridized carbons (Fsp3) is 0.294. The minimum Gasteiger partial charge on any atom is -1.00 e. The van der Waals surface area contributed by atoms with E-state index in [9.17, 15) is 13.5 Å². The summed E-state index contributed by atoms with van der Waals surface area (Å²) in [4.78, 5) is -0.191. The maximum Gasteiger partial charge on any atom is 0.300 e. The van der Waals surface area contributed by atoms with E-state index in [-0.39, 0.29) is 31.4 Å². The molecule has 1 aliphatic rings. The number of sulfonamides is 1. The average Bonchev–Trinajstić information content (AvgIpc) is 2.92. The maximum absolute atomic E-state index is 12.4. The first kappa shape index (κ1) is 23.6. The molecule has 2 aromatic rings.